The number of unbranched alkanes of at least 4 members (excludes halogenated alkanes) is 21. The van der Waals surface area contributed by atoms with Gasteiger partial charge in [0.05, 0.1) is 0 Å². The van der Waals surface area contributed by atoms with Crippen LogP contribution in [0.2, 0.25) is 0 Å². The Morgan fingerprint density at radius 2 is 0.688 bits per heavy atom. The molecule has 0 spiro atoms. The maximum Gasteiger partial charge on any atom is 0.150 e. The third-order valence-electron chi connectivity index (χ3n) is 13.0. The maximum absolute atomic E-state index is 11.4. The molecule has 4 aromatic heterocycles. The molecule has 0 saturated carbocycles. The molecule has 64 heavy (non-hydrogen) atoms. The van der Waals surface area contributed by atoms with Crippen molar-refractivity contribution in [2.24, 2.45) is 0 Å². The summed E-state index contributed by atoms with van der Waals surface area (Å²) in [6, 6.07) is 32.1. The minimum Gasteiger partial charge on any atom is -0.298 e. The van der Waals surface area contributed by atoms with Crippen LogP contribution >= 0.6 is 45.3 Å². The molecular formula is C59H78OS4. The summed E-state index contributed by atoms with van der Waals surface area (Å²) < 4.78 is 0. The minimum absolute atomic E-state index is 0.733. The van der Waals surface area contributed by atoms with Crippen LogP contribution in [0, 0.1) is 0 Å². The first-order valence-corrected chi connectivity index (χ1v) is 29.0. The van der Waals surface area contributed by atoms with Gasteiger partial charge in [-0.1, -0.05) is 204 Å². The summed E-state index contributed by atoms with van der Waals surface area (Å²) in [5, 5.41) is 0. The molecule has 0 aliphatic rings. The summed E-state index contributed by atoms with van der Waals surface area (Å²) >= 11 is 7.87. The van der Waals surface area contributed by atoms with E-state index in [-0.39, 0.29) is 0 Å². The number of rotatable bonds is 33. The SMILES string of the molecule is CCCCCCCCCCCCc1cc(-c2ccc(C=O)cc2)sc1-c1ccc(-c2ccc(-c3sc(-c4ccc(CCCCCC)cc4)cc3CCCCCCCCCCCC)s2)s1. The van der Waals surface area contributed by atoms with Crippen molar-refractivity contribution < 1.29 is 4.79 Å². The Labute approximate surface area is 405 Å². The zero-order valence-corrected chi connectivity index (χ0v) is 43.1. The Balaban J connectivity index is 1.15. The van der Waals surface area contributed by atoms with Crippen molar-refractivity contribution in [3.8, 4) is 50.1 Å². The van der Waals surface area contributed by atoms with Gasteiger partial charge in [-0.3, -0.25) is 4.79 Å². The van der Waals surface area contributed by atoms with Crippen LogP contribution in [0.25, 0.3) is 50.1 Å². The van der Waals surface area contributed by atoms with Crippen molar-refractivity contribution in [1.82, 2.24) is 0 Å². The van der Waals surface area contributed by atoms with Gasteiger partial charge in [0.25, 0.3) is 0 Å². The molecule has 2 aromatic carbocycles. The summed E-state index contributed by atoms with van der Waals surface area (Å²) in [5.74, 6) is 0. The van der Waals surface area contributed by atoms with Crippen LogP contribution in [0.3, 0.4) is 0 Å². The number of hydrogen-bond acceptors (Lipinski definition) is 5. The highest BCUT2D eigenvalue weighted by Gasteiger charge is 2.18. The number of aryl methyl sites for hydroxylation is 3. The van der Waals surface area contributed by atoms with Gasteiger partial charge in [0.1, 0.15) is 6.29 Å². The van der Waals surface area contributed by atoms with E-state index >= 15 is 0 Å². The highest BCUT2D eigenvalue weighted by molar-refractivity contribution is 7.29. The molecule has 0 N–H and O–H groups in total. The molecule has 4 heterocycles. The van der Waals surface area contributed by atoms with E-state index in [9.17, 15) is 4.79 Å². The van der Waals surface area contributed by atoms with E-state index in [0.29, 0.717) is 0 Å². The van der Waals surface area contributed by atoms with E-state index < -0.39 is 0 Å². The van der Waals surface area contributed by atoms with Crippen LogP contribution < -0.4 is 0 Å². The fraction of sp³-hybridized carbons (Fsp3) is 0.508. The maximum atomic E-state index is 11.4. The first kappa shape index (κ1) is 50.3. The first-order valence-electron chi connectivity index (χ1n) is 25.7. The lowest BCUT2D eigenvalue weighted by Gasteiger charge is -2.04. The predicted octanol–water partition coefficient (Wildman–Crippen LogP) is 21.1. The second kappa shape index (κ2) is 28.8. The smallest absolute Gasteiger partial charge is 0.150 e. The first-order chi connectivity index (χ1) is 31.6. The Kier molecular flexibility index (Phi) is 22.7. The van der Waals surface area contributed by atoms with Gasteiger partial charge < -0.3 is 0 Å². The summed E-state index contributed by atoms with van der Waals surface area (Å²) in [6.07, 6.45) is 36.9. The van der Waals surface area contributed by atoms with Crippen LogP contribution in [-0.4, -0.2) is 6.29 Å². The van der Waals surface area contributed by atoms with Crippen LogP contribution in [0.1, 0.15) is 202 Å². The summed E-state index contributed by atoms with van der Waals surface area (Å²) in [4.78, 5) is 22.5. The van der Waals surface area contributed by atoms with Crippen LogP contribution in [0.5, 0.6) is 0 Å². The Bertz CT molecular complexity index is 2170. The van der Waals surface area contributed by atoms with Gasteiger partial charge in [-0.25, -0.2) is 0 Å². The highest BCUT2D eigenvalue weighted by Crippen LogP contribution is 2.47. The van der Waals surface area contributed by atoms with E-state index in [1.165, 1.54) is 227 Å². The lowest BCUT2D eigenvalue weighted by molar-refractivity contribution is 0.112. The monoisotopic (exact) mass is 930 g/mol. The topological polar surface area (TPSA) is 17.1 Å². The molecule has 6 aromatic rings. The van der Waals surface area contributed by atoms with Crippen LogP contribution in [-0.2, 0) is 19.3 Å². The van der Waals surface area contributed by atoms with Gasteiger partial charge in [-0.05, 0) is 103 Å². The average Bonchev–Trinajstić information content (AvgIpc) is 4.16. The van der Waals surface area contributed by atoms with E-state index in [1.807, 2.05) is 57.5 Å². The van der Waals surface area contributed by atoms with Gasteiger partial charge in [0, 0.05) is 44.6 Å². The lowest BCUT2D eigenvalue weighted by Crippen LogP contribution is -1.87. The molecule has 0 aliphatic carbocycles. The van der Waals surface area contributed by atoms with Crippen molar-refractivity contribution in [2.75, 3.05) is 0 Å². The van der Waals surface area contributed by atoms with Gasteiger partial charge in [0.2, 0.25) is 0 Å². The third-order valence-corrected chi connectivity index (χ3v) is 18.2. The summed E-state index contributed by atoms with van der Waals surface area (Å²) in [7, 11) is 0. The molecule has 0 bridgehead atoms. The van der Waals surface area contributed by atoms with Gasteiger partial charge >= 0.3 is 0 Å². The Morgan fingerprint density at radius 3 is 1.09 bits per heavy atom. The minimum atomic E-state index is 0.733. The predicted molar refractivity (Wildman–Crippen MR) is 289 cm³/mol. The Hall–Kier alpha value is -3.09. The molecule has 5 heteroatoms. The average molecular weight is 932 g/mol. The van der Waals surface area contributed by atoms with Crippen molar-refractivity contribution in [2.45, 2.75) is 194 Å². The standard InChI is InChI=1S/C59H78OS4/c1-4-7-10-13-15-17-19-21-23-26-29-50-43-56(48-35-31-46(32-36-48)28-25-12-9-6-3)63-58(50)54-41-39-52(61-54)53-40-42-55(62-53)59-51(30-27-24-22-20-18-16-14-11-8-5-2)44-57(64-59)49-37-33-47(45-60)34-38-49/h31-45H,4-30H2,1-3H3. The van der Waals surface area contributed by atoms with Gasteiger partial charge in [0.15, 0.2) is 0 Å². The normalized spacial score (nSPS) is 11.5. The summed E-state index contributed by atoms with van der Waals surface area (Å²) in [6.45, 7) is 6.90. The highest BCUT2D eigenvalue weighted by atomic mass is 32.1. The number of benzene rings is 2. The zero-order chi connectivity index (χ0) is 44.6. The summed E-state index contributed by atoms with van der Waals surface area (Å²) in [5.41, 5.74) is 7.78. The molecule has 0 unspecified atom stereocenters. The fourth-order valence-electron chi connectivity index (χ4n) is 9.04. The van der Waals surface area contributed by atoms with E-state index in [2.05, 4.69) is 93.6 Å². The van der Waals surface area contributed by atoms with Gasteiger partial charge in [-0.2, -0.15) is 0 Å². The molecule has 0 aliphatic heterocycles. The Morgan fingerprint density at radius 1 is 0.344 bits per heavy atom. The molecule has 0 amide bonds. The van der Waals surface area contributed by atoms with Crippen molar-refractivity contribution in [3.05, 3.63) is 107 Å². The van der Waals surface area contributed by atoms with E-state index in [1.54, 1.807) is 0 Å². The fourth-order valence-corrected chi connectivity index (χ4v) is 13.9. The zero-order valence-electron chi connectivity index (χ0n) is 39.8. The molecule has 0 saturated heterocycles. The molecule has 0 radical (unpaired) electrons. The second-order valence-corrected chi connectivity index (χ2v) is 22.6. The largest absolute Gasteiger partial charge is 0.298 e. The number of carbonyl (C=O) groups is 1. The molecule has 0 atom stereocenters. The van der Waals surface area contributed by atoms with Crippen LogP contribution in [0.15, 0.2) is 84.9 Å². The quantitative estimate of drug-likeness (QED) is 0.0297. The van der Waals surface area contributed by atoms with Crippen molar-refractivity contribution in [1.29, 1.82) is 0 Å². The number of hydrogen-bond donors (Lipinski definition) is 0. The molecule has 0 fully saturated rings. The number of thiophene rings is 4. The number of aldehydes is 1. The van der Waals surface area contributed by atoms with Crippen molar-refractivity contribution >= 4 is 51.6 Å². The van der Waals surface area contributed by atoms with Crippen LogP contribution in [0.4, 0.5) is 0 Å². The van der Waals surface area contributed by atoms with E-state index in [4.69, 9.17) is 0 Å². The molecule has 1 nitrogen and oxygen atoms in total. The molecule has 6 rings (SSSR count). The van der Waals surface area contributed by atoms with Gasteiger partial charge in [-0.15, -0.1) is 45.3 Å². The number of carbonyl (C=O) groups excluding carboxylic acids is 1. The third kappa shape index (κ3) is 16.1. The van der Waals surface area contributed by atoms with E-state index in [0.717, 1.165) is 24.7 Å². The molecule has 344 valence electrons. The second-order valence-electron chi connectivity index (χ2n) is 18.4. The molecular weight excluding hydrogens is 853 g/mol. The lowest BCUT2D eigenvalue weighted by atomic mass is 10.0. The van der Waals surface area contributed by atoms with Crippen molar-refractivity contribution in [3.63, 3.8) is 0 Å².